The van der Waals surface area contributed by atoms with Gasteiger partial charge in [-0.3, -0.25) is 9.89 Å². The van der Waals surface area contributed by atoms with Crippen molar-refractivity contribution in [1.29, 1.82) is 0 Å². The summed E-state index contributed by atoms with van der Waals surface area (Å²) in [5.41, 5.74) is 3.91. The highest BCUT2D eigenvalue weighted by atomic mass is 16.1. The Bertz CT molecular complexity index is 1280. The van der Waals surface area contributed by atoms with Crippen molar-refractivity contribution >= 4 is 33.8 Å². The fourth-order valence-electron chi connectivity index (χ4n) is 3.16. The largest absolute Gasteiger partial charge is 0.306 e. The summed E-state index contributed by atoms with van der Waals surface area (Å²) in [6.07, 6.45) is 0. The molecule has 2 aromatic carbocycles. The summed E-state index contributed by atoms with van der Waals surface area (Å²) >= 11 is 0. The van der Waals surface area contributed by atoms with Crippen LogP contribution in [0.3, 0.4) is 0 Å². The van der Waals surface area contributed by atoms with Crippen LogP contribution in [0.15, 0.2) is 48.5 Å². The van der Waals surface area contributed by atoms with Gasteiger partial charge in [-0.15, -0.1) is 0 Å². The van der Waals surface area contributed by atoms with E-state index in [9.17, 15) is 4.79 Å². The molecule has 0 bridgehead atoms. The van der Waals surface area contributed by atoms with Gasteiger partial charge >= 0.3 is 0 Å². The van der Waals surface area contributed by atoms with Gasteiger partial charge in [-0.25, -0.2) is 4.68 Å². The number of carbonyl (C=O) groups is 1. The summed E-state index contributed by atoms with van der Waals surface area (Å²) in [5, 5.41) is 26.0. The van der Waals surface area contributed by atoms with Gasteiger partial charge in [0.05, 0.1) is 10.9 Å². The standard InChI is InChI=1S/C18H14N8O/c1-26-17-13(14(24-26)10-6-3-2-4-7-10)16(22-23-17)19-18(27)11-8-5-9-12-15(11)21-25-20-12/h2-9H,1H3,(H,20,21,25)(H2,19,22,23,27). The number of anilines is 1. The predicted octanol–water partition coefficient (Wildman–Crippen LogP) is 2.49. The molecule has 0 radical (unpaired) electrons. The summed E-state index contributed by atoms with van der Waals surface area (Å²) in [6.45, 7) is 0. The van der Waals surface area contributed by atoms with Gasteiger partial charge in [-0.2, -0.15) is 25.6 Å². The molecule has 0 spiro atoms. The number of aromatic amines is 2. The Morgan fingerprint density at radius 3 is 2.74 bits per heavy atom. The fourth-order valence-corrected chi connectivity index (χ4v) is 3.16. The lowest BCUT2D eigenvalue weighted by atomic mass is 10.1. The van der Waals surface area contributed by atoms with E-state index in [1.165, 1.54) is 0 Å². The van der Waals surface area contributed by atoms with Gasteiger partial charge in [0.15, 0.2) is 5.65 Å². The second-order valence-corrected chi connectivity index (χ2v) is 6.09. The van der Waals surface area contributed by atoms with Gasteiger partial charge in [-0.05, 0) is 12.1 Å². The molecule has 1 amide bonds. The van der Waals surface area contributed by atoms with Gasteiger partial charge < -0.3 is 5.32 Å². The van der Waals surface area contributed by atoms with Crippen molar-refractivity contribution in [1.82, 2.24) is 35.4 Å². The average molecular weight is 358 g/mol. The molecule has 0 saturated carbocycles. The van der Waals surface area contributed by atoms with Crippen molar-refractivity contribution in [3.05, 3.63) is 54.1 Å². The quantitative estimate of drug-likeness (QED) is 0.458. The van der Waals surface area contributed by atoms with Crippen molar-refractivity contribution in [3.63, 3.8) is 0 Å². The smallest absolute Gasteiger partial charge is 0.259 e. The van der Waals surface area contributed by atoms with Gasteiger partial charge in [0.1, 0.15) is 22.5 Å². The third-order valence-corrected chi connectivity index (χ3v) is 4.42. The topological polar surface area (TPSA) is 117 Å². The molecule has 3 N–H and O–H groups in total. The third kappa shape index (κ3) is 2.36. The minimum atomic E-state index is -0.303. The number of aromatic nitrogens is 7. The van der Waals surface area contributed by atoms with Gasteiger partial charge in [0.2, 0.25) is 0 Å². The Kier molecular flexibility index (Phi) is 3.26. The van der Waals surface area contributed by atoms with Gasteiger partial charge in [-0.1, -0.05) is 36.4 Å². The van der Waals surface area contributed by atoms with Crippen LogP contribution >= 0.6 is 0 Å². The van der Waals surface area contributed by atoms with Crippen LogP contribution in [0.1, 0.15) is 10.4 Å². The number of fused-ring (bicyclic) bond motifs is 2. The molecule has 0 saturated heterocycles. The summed E-state index contributed by atoms with van der Waals surface area (Å²) in [6, 6.07) is 15.0. The molecular formula is C18H14N8O. The van der Waals surface area contributed by atoms with Crippen LogP contribution in [-0.2, 0) is 7.05 Å². The minimum absolute atomic E-state index is 0.303. The number of aryl methyl sites for hydroxylation is 1. The van der Waals surface area contributed by atoms with Gasteiger partial charge in [0, 0.05) is 12.6 Å². The van der Waals surface area contributed by atoms with Gasteiger partial charge in [0.25, 0.3) is 5.91 Å². The molecule has 0 aliphatic heterocycles. The molecule has 0 fully saturated rings. The first-order chi connectivity index (χ1) is 13.2. The van der Waals surface area contributed by atoms with Crippen molar-refractivity contribution in [3.8, 4) is 11.3 Å². The van der Waals surface area contributed by atoms with E-state index in [1.807, 2.05) is 37.4 Å². The molecule has 3 aromatic heterocycles. The Morgan fingerprint density at radius 1 is 1.04 bits per heavy atom. The summed E-state index contributed by atoms with van der Waals surface area (Å²) in [7, 11) is 1.82. The molecule has 9 nitrogen and oxygen atoms in total. The van der Waals surface area contributed by atoms with Crippen LogP contribution in [0.2, 0.25) is 0 Å². The maximum absolute atomic E-state index is 12.9. The van der Waals surface area contributed by atoms with Crippen LogP contribution < -0.4 is 5.32 Å². The van der Waals surface area contributed by atoms with Crippen LogP contribution in [0.5, 0.6) is 0 Å². The minimum Gasteiger partial charge on any atom is -0.306 e. The number of hydrogen-bond donors (Lipinski definition) is 3. The Balaban J connectivity index is 1.60. The first-order valence-electron chi connectivity index (χ1n) is 8.29. The lowest BCUT2D eigenvalue weighted by Gasteiger charge is -2.04. The van der Waals surface area contributed by atoms with Crippen molar-refractivity contribution < 1.29 is 4.79 Å². The monoisotopic (exact) mass is 358 g/mol. The molecule has 0 atom stereocenters. The molecular weight excluding hydrogens is 344 g/mol. The summed E-state index contributed by atoms with van der Waals surface area (Å²) in [5.74, 6) is 0.186. The van der Waals surface area contributed by atoms with E-state index in [2.05, 4.69) is 36.0 Å². The average Bonchev–Trinajstić information content (AvgIpc) is 3.40. The highest BCUT2D eigenvalue weighted by molar-refractivity contribution is 6.14. The maximum Gasteiger partial charge on any atom is 0.259 e. The highest BCUT2D eigenvalue weighted by Crippen LogP contribution is 2.31. The summed E-state index contributed by atoms with van der Waals surface area (Å²) < 4.78 is 1.68. The number of para-hydroxylation sites is 1. The number of rotatable bonds is 3. The Labute approximate surface area is 152 Å². The normalized spacial score (nSPS) is 11.3. The lowest BCUT2D eigenvalue weighted by molar-refractivity contribution is 0.102. The van der Waals surface area contributed by atoms with Crippen molar-refractivity contribution in [2.75, 3.05) is 5.32 Å². The second-order valence-electron chi connectivity index (χ2n) is 6.09. The van der Waals surface area contributed by atoms with E-state index in [0.717, 1.165) is 16.6 Å². The third-order valence-electron chi connectivity index (χ3n) is 4.42. The van der Waals surface area contributed by atoms with E-state index >= 15 is 0 Å². The van der Waals surface area contributed by atoms with E-state index in [4.69, 9.17) is 0 Å². The molecule has 132 valence electrons. The number of H-pyrrole nitrogens is 2. The highest BCUT2D eigenvalue weighted by Gasteiger charge is 2.21. The van der Waals surface area contributed by atoms with Crippen LogP contribution in [0.4, 0.5) is 5.82 Å². The second kappa shape index (κ2) is 5.77. The van der Waals surface area contributed by atoms with Crippen molar-refractivity contribution in [2.24, 2.45) is 7.05 Å². The van der Waals surface area contributed by atoms with E-state index in [1.54, 1.807) is 22.9 Å². The molecule has 0 unspecified atom stereocenters. The van der Waals surface area contributed by atoms with Crippen LogP contribution in [0, 0.1) is 0 Å². The van der Waals surface area contributed by atoms with E-state index in [0.29, 0.717) is 28.1 Å². The predicted molar refractivity (Wildman–Crippen MR) is 100 cm³/mol. The molecule has 9 heteroatoms. The van der Waals surface area contributed by atoms with Crippen molar-refractivity contribution in [2.45, 2.75) is 0 Å². The molecule has 5 rings (SSSR count). The number of benzene rings is 2. The number of hydrogen-bond acceptors (Lipinski definition) is 5. The SMILES string of the molecule is Cn1nc(-c2ccccc2)c2c(NC(=O)c3cccc4n[nH]nc34)[nH]nc21. The van der Waals surface area contributed by atoms with E-state index in [-0.39, 0.29) is 5.91 Å². The molecule has 27 heavy (non-hydrogen) atoms. The molecule has 5 aromatic rings. The zero-order chi connectivity index (χ0) is 18.4. The fraction of sp³-hybridized carbons (Fsp3) is 0.0556. The number of nitrogens with one attached hydrogen (secondary N) is 3. The molecule has 0 aliphatic carbocycles. The van der Waals surface area contributed by atoms with E-state index < -0.39 is 0 Å². The Morgan fingerprint density at radius 2 is 1.89 bits per heavy atom. The number of nitrogens with zero attached hydrogens (tertiary/aromatic N) is 5. The first-order valence-corrected chi connectivity index (χ1v) is 8.29. The zero-order valence-corrected chi connectivity index (χ0v) is 14.3. The molecule has 0 aliphatic rings. The maximum atomic E-state index is 12.9. The summed E-state index contributed by atoms with van der Waals surface area (Å²) in [4.78, 5) is 12.9. The number of carbonyl (C=O) groups excluding carboxylic acids is 1. The Hall–Kier alpha value is -4.01. The van der Waals surface area contributed by atoms with Crippen LogP contribution in [0.25, 0.3) is 33.3 Å². The van der Waals surface area contributed by atoms with Crippen LogP contribution in [-0.4, -0.2) is 41.3 Å². The lowest BCUT2D eigenvalue weighted by Crippen LogP contribution is -2.13. The zero-order valence-electron chi connectivity index (χ0n) is 14.3. The first kappa shape index (κ1) is 15.3. The molecule has 3 heterocycles. The number of amides is 1.